The van der Waals surface area contributed by atoms with Crippen LogP contribution in [-0.2, 0) is 6.42 Å². The number of aromatic nitrogens is 2. The van der Waals surface area contributed by atoms with Crippen molar-refractivity contribution in [2.24, 2.45) is 15.9 Å². The molecule has 0 spiro atoms. The van der Waals surface area contributed by atoms with Crippen LogP contribution in [0.4, 0.5) is 5.82 Å². The zero-order valence-electron chi connectivity index (χ0n) is 19.4. The van der Waals surface area contributed by atoms with E-state index < -0.39 is 0 Å². The second-order valence-electron chi connectivity index (χ2n) is 8.28. The van der Waals surface area contributed by atoms with E-state index in [9.17, 15) is 5.11 Å². The van der Waals surface area contributed by atoms with Crippen molar-refractivity contribution in [1.29, 1.82) is 0 Å². The molecule has 33 heavy (non-hydrogen) atoms. The number of hydrogen-bond donors (Lipinski definition) is 2. The third-order valence-electron chi connectivity index (χ3n) is 5.66. The molecule has 2 heterocycles. The van der Waals surface area contributed by atoms with Crippen LogP contribution in [0.2, 0.25) is 0 Å². The second kappa shape index (κ2) is 12.5. The van der Waals surface area contributed by atoms with E-state index in [0.29, 0.717) is 18.2 Å². The van der Waals surface area contributed by atoms with Gasteiger partial charge in [0.15, 0.2) is 5.82 Å². The maximum absolute atomic E-state index is 10.2. The Bertz CT molecular complexity index is 1030. The number of rotatable bonds is 10. The lowest BCUT2D eigenvalue weighted by Gasteiger charge is -2.33. The Morgan fingerprint density at radius 3 is 2.97 bits per heavy atom. The summed E-state index contributed by atoms with van der Waals surface area (Å²) in [6, 6.07) is 7.38. The summed E-state index contributed by atoms with van der Waals surface area (Å²) in [7, 11) is 0. The number of phenols is 1. The molecule has 1 aromatic heterocycles. The number of para-hydroxylation sites is 1. The molecule has 7 nitrogen and oxygen atoms in total. The van der Waals surface area contributed by atoms with Crippen molar-refractivity contribution in [3.05, 3.63) is 58.9 Å². The summed E-state index contributed by atoms with van der Waals surface area (Å²) in [6.45, 7) is 11.6. The highest BCUT2D eigenvalue weighted by Crippen LogP contribution is 2.27. The fourth-order valence-electron chi connectivity index (χ4n) is 4.04. The van der Waals surface area contributed by atoms with Gasteiger partial charge < -0.3 is 10.4 Å². The van der Waals surface area contributed by atoms with Gasteiger partial charge in [-0.1, -0.05) is 24.3 Å². The van der Waals surface area contributed by atoms with E-state index in [1.54, 1.807) is 16.9 Å². The minimum Gasteiger partial charge on any atom is -0.508 e. The maximum atomic E-state index is 10.2. The molecule has 0 radical (unpaired) electrons. The van der Waals surface area contributed by atoms with E-state index >= 15 is 0 Å². The molecule has 1 aromatic carbocycles. The molecule has 2 aromatic rings. The standard InChI is InChI=1S/C25H33BrN6O/c1-4-13-28-19(2)17-31-14-7-8-20(18-31)15-29-24(32-25(27-3)22(26)16-30-32)12-11-21-9-5-6-10-23(21)33/h4-6,9-10,12-13,16,20,29,33H,3,7-8,11,14-15,17-18H2,1-2H3/b13-4-,24-12-,28-19?. The Hall–Kier alpha value is -2.71. The number of benzene rings is 1. The Kier molecular flexibility index (Phi) is 9.45. The predicted molar refractivity (Wildman–Crippen MR) is 140 cm³/mol. The molecule has 8 heteroatoms. The number of phenolic OH excluding ortho intramolecular Hbond substituents is 1. The summed E-state index contributed by atoms with van der Waals surface area (Å²) in [6.07, 6.45) is 10.5. The molecule has 0 aliphatic carbocycles. The molecule has 1 saturated heterocycles. The summed E-state index contributed by atoms with van der Waals surface area (Å²) in [5.74, 6) is 2.28. The van der Waals surface area contributed by atoms with Gasteiger partial charge in [-0.15, -0.1) is 0 Å². The Balaban J connectivity index is 1.71. The molecule has 3 rings (SSSR count). The zero-order chi connectivity index (χ0) is 23.6. The topological polar surface area (TPSA) is 78.0 Å². The van der Waals surface area contributed by atoms with Gasteiger partial charge in [0.2, 0.25) is 0 Å². The number of aliphatic imine (C=N–C) groups is 2. The quantitative estimate of drug-likeness (QED) is 0.438. The van der Waals surface area contributed by atoms with Crippen molar-refractivity contribution in [3.8, 4) is 5.75 Å². The maximum Gasteiger partial charge on any atom is 0.171 e. The zero-order valence-corrected chi connectivity index (χ0v) is 21.0. The fraction of sp³-hybridized carbons (Fsp3) is 0.400. The van der Waals surface area contributed by atoms with Crippen molar-refractivity contribution in [2.75, 3.05) is 26.2 Å². The normalized spacial score (nSPS) is 18.1. The van der Waals surface area contributed by atoms with Crippen LogP contribution in [0.25, 0.3) is 5.82 Å². The summed E-state index contributed by atoms with van der Waals surface area (Å²) in [4.78, 5) is 11.1. The van der Waals surface area contributed by atoms with Crippen molar-refractivity contribution >= 4 is 40.0 Å². The number of hydrogen-bond acceptors (Lipinski definition) is 6. The van der Waals surface area contributed by atoms with Crippen molar-refractivity contribution < 1.29 is 5.11 Å². The molecule has 1 unspecified atom stereocenters. The molecule has 0 saturated carbocycles. The minimum absolute atomic E-state index is 0.287. The molecule has 176 valence electrons. The van der Waals surface area contributed by atoms with Gasteiger partial charge in [-0.2, -0.15) is 9.78 Å². The van der Waals surface area contributed by atoms with Crippen molar-refractivity contribution in [3.63, 3.8) is 0 Å². The van der Waals surface area contributed by atoms with Gasteiger partial charge in [0.25, 0.3) is 0 Å². The second-order valence-corrected chi connectivity index (χ2v) is 9.13. The molecular weight excluding hydrogens is 480 g/mol. The van der Waals surface area contributed by atoms with Gasteiger partial charge in [-0.05, 0) is 85.9 Å². The van der Waals surface area contributed by atoms with Crippen LogP contribution < -0.4 is 5.32 Å². The molecule has 0 amide bonds. The highest BCUT2D eigenvalue weighted by atomic mass is 79.9. The van der Waals surface area contributed by atoms with E-state index in [1.807, 2.05) is 43.5 Å². The van der Waals surface area contributed by atoms with Crippen LogP contribution in [0.15, 0.2) is 63.3 Å². The molecule has 0 bridgehead atoms. The van der Waals surface area contributed by atoms with Crippen LogP contribution in [-0.4, -0.2) is 58.4 Å². The average Bonchev–Trinajstić information content (AvgIpc) is 3.19. The number of likely N-dealkylation sites (tertiary alicyclic amines) is 1. The summed E-state index contributed by atoms with van der Waals surface area (Å²) in [5, 5.41) is 18.2. The first kappa shape index (κ1) is 24.9. The fourth-order valence-corrected chi connectivity index (χ4v) is 4.43. The van der Waals surface area contributed by atoms with Gasteiger partial charge in [0.1, 0.15) is 11.6 Å². The van der Waals surface area contributed by atoms with Crippen molar-refractivity contribution in [2.45, 2.75) is 33.1 Å². The smallest absolute Gasteiger partial charge is 0.171 e. The molecule has 1 atom stereocenters. The molecule has 1 aliphatic heterocycles. The lowest BCUT2D eigenvalue weighted by atomic mass is 9.97. The largest absolute Gasteiger partial charge is 0.508 e. The van der Waals surface area contributed by atoms with E-state index in [-0.39, 0.29) is 5.75 Å². The first-order valence-electron chi connectivity index (χ1n) is 11.3. The summed E-state index contributed by atoms with van der Waals surface area (Å²) >= 11 is 3.49. The van der Waals surface area contributed by atoms with E-state index in [4.69, 9.17) is 0 Å². The number of aromatic hydroxyl groups is 1. The number of piperidine rings is 1. The Morgan fingerprint density at radius 2 is 2.21 bits per heavy atom. The lowest BCUT2D eigenvalue weighted by Crippen LogP contribution is -2.41. The monoisotopic (exact) mass is 512 g/mol. The van der Waals surface area contributed by atoms with Crippen molar-refractivity contribution in [1.82, 2.24) is 20.0 Å². The van der Waals surface area contributed by atoms with Gasteiger partial charge in [0, 0.05) is 31.5 Å². The highest BCUT2D eigenvalue weighted by molar-refractivity contribution is 9.10. The van der Waals surface area contributed by atoms with E-state index in [0.717, 1.165) is 47.7 Å². The minimum atomic E-state index is 0.287. The lowest BCUT2D eigenvalue weighted by molar-refractivity contribution is 0.196. The average molecular weight is 513 g/mol. The number of halogens is 1. The molecule has 1 aliphatic rings. The van der Waals surface area contributed by atoms with Gasteiger partial charge >= 0.3 is 0 Å². The summed E-state index contributed by atoms with van der Waals surface area (Å²) in [5.41, 5.74) is 1.99. The number of nitrogens with zero attached hydrogens (tertiary/aromatic N) is 5. The van der Waals surface area contributed by atoms with Crippen LogP contribution in [0.3, 0.4) is 0 Å². The molecule has 1 fully saturated rings. The summed E-state index contributed by atoms with van der Waals surface area (Å²) < 4.78 is 2.54. The predicted octanol–water partition coefficient (Wildman–Crippen LogP) is 5.02. The van der Waals surface area contributed by atoms with Crippen LogP contribution in [0.5, 0.6) is 5.75 Å². The molecule has 2 N–H and O–H groups in total. The first-order chi connectivity index (χ1) is 16.0. The highest BCUT2D eigenvalue weighted by Gasteiger charge is 2.21. The Morgan fingerprint density at radius 1 is 1.39 bits per heavy atom. The SMILES string of the molecule is C=Nc1c(Br)cnn1/C(=C\Cc1ccccc1O)NCC1CCCN(CC(C)=N/C=C\C)C1. The van der Waals surface area contributed by atoms with Crippen LogP contribution >= 0.6 is 15.9 Å². The Labute approximate surface area is 204 Å². The van der Waals surface area contributed by atoms with Crippen LogP contribution in [0.1, 0.15) is 32.3 Å². The number of allylic oxidation sites excluding steroid dienone is 2. The number of nitrogens with one attached hydrogen (secondary N) is 1. The third-order valence-corrected chi connectivity index (χ3v) is 6.22. The van der Waals surface area contributed by atoms with Crippen LogP contribution in [0, 0.1) is 5.92 Å². The van der Waals surface area contributed by atoms with Gasteiger partial charge in [-0.3, -0.25) is 9.89 Å². The molecular formula is C25H33BrN6O. The van der Waals surface area contributed by atoms with Gasteiger partial charge in [-0.25, -0.2) is 4.99 Å². The van der Waals surface area contributed by atoms with Gasteiger partial charge in [0.05, 0.1) is 10.7 Å². The first-order valence-corrected chi connectivity index (χ1v) is 12.1. The third kappa shape index (κ3) is 7.14. The van der Waals surface area contributed by atoms with E-state index in [2.05, 4.69) is 54.9 Å². The van der Waals surface area contributed by atoms with E-state index in [1.165, 1.54) is 12.8 Å².